The third-order valence-electron chi connectivity index (χ3n) is 4.01. The second-order valence-electron chi connectivity index (χ2n) is 5.78. The van der Waals surface area contributed by atoms with Crippen LogP contribution in [-0.4, -0.2) is 16.4 Å². The lowest BCUT2D eigenvalue weighted by Crippen LogP contribution is -2.29. The Morgan fingerprint density at radius 1 is 1.23 bits per heavy atom. The van der Waals surface area contributed by atoms with Gasteiger partial charge in [0, 0.05) is 19.7 Å². The zero-order chi connectivity index (χ0) is 18.8. The summed E-state index contributed by atoms with van der Waals surface area (Å²) in [6.07, 6.45) is 0.687. The minimum atomic E-state index is -0.608. The van der Waals surface area contributed by atoms with Crippen molar-refractivity contribution in [3.05, 3.63) is 57.2 Å². The monoisotopic (exact) mass is 370 g/mol. The molecule has 134 valence electrons. The number of fused-ring (bicyclic) bond motifs is 1. The fourth-order valence-corrected chi connectivity index (χ4v) is 3.90. The van der Waals surface area contributed by atoms with Crippen LogP contribution in [0.2, 0.25) is 0 Å². The number of aromatic nitrogens is 1. The van der Waals surface area contributed by atoms with Crippen LogP contribution < -0.4 is 15.6 Å². The normalized spacial score (nSPS) is 10.7. The highest BCUT2D eigenvalue weighted by Gasteiger charge is 2.26. The summed E-state index contributed by atoms with van der Waals surface area (Å²) < 4.78 is 6.77. The second kappa shape index (κ2) is 7.13. The van der Waals surface area contributed by atoms with E-state index in [1.165, 1.54) is 22.8 Å². The maximum absolute atomic E-state index is 12.8. The van der Waals surface area contributed by atoms with Gasteiger partial charge in [-0.25, -0.2) is 0 Å². The highest BCUT2D eigenvalue weighted by Crippen LogP contribution is 2.35. The smallest absolute Gasteiger partial charge is 0.308 e. The van der Waals surface area contributed by atoms with E-state index in [4.69, 9.17) is 4.74 Å². The van der Waals surface area contributed by atoms with Crippen LogP contribution in [-0.2, 0) is 18.3 Å². The molecule has 1 N–H and O–H groups in total. The average Bonchev–Trinajstić information content (AvgIpc) is 3.04. The van der Waals surface area contributed by atoms with Crippen molar-refractivity contribution in [1.29, 1.82) is 0 Å². The number of benzene rings is 1. The molecule has 3 rings (SSSR count). The summed E-state index contributed by atoms with van der Waals surface area (Å²) in [6.45, 7) is 3.22. The van der Waals surface area contributed by atoms with Crippen LogP contribution in [0.25, 0.3) is 10.2 Å². The molecule has 0 radical (unpaired) electrons. The number of hydrogen-bond donors (Lipinski definition) is 1. The second-order valence-corrected chi connectivity index (χ2v) is 6.63. The Bertz CT molecular complexity index is 1050. The van der Waals surface area contributed by atoms with Gasteiger partial charge in [0.1, 0.15) is 10.4 Å². The number of rotatable bonds is 4. The Hall–Kier alpha value is -2.93. The minimum absolute atomic E-state index is 0.0298. The molecule has 26 heavy (non-hydrogen) atoms. The van der Waals surface area contributed by atoms with Crippen LogP contribution >= 0.6 is 11.3 Å². The van der Waals surface area contributed by atoms with Crippen LogP contribution in [0.15, 0.2) is 40.5 Å². The fraction of sp³-hybridized carbons (Fsp3) is 0.211. The van der Waals surface area contributed by atoms with Gasteiger partial charge in [-0.2, -0.15) is 0 Å². The molecule has 0 saturated heterocycles. The van der Waals surface area contributed by atoms with Crippen molar-refractivity contribution >= 4 is 39.1 Å². The molecule has 7 heteroatoms. The maximum Gasteiger partial charge on any atom is 0.308 e. The molecule has 1 amide bonds. The van der Waals surface area contributed by atoms with E-state index in [2.05, 4.69) is 5.32 Å². The molecule has 0 fully saturated rings. The molecular weight excluding hydrogens is 352 g/mol. The lowest BCUT2D eigenvalue weighted by molar-refractivity contribution is -0.131. The van der Waals surface area contributed by atoms with E-state index in [-0.39, 0.29) is 11.3 Å². The average molecular weight is 370 g/mol. The largest absolute Gasteiger partial charge is 0.425 e. The van der Waals surface area contributed by atoms with Crippen LogP contribution in [0.4, 0.5) is 5.69 Å². The predicted octanol–water partition coefficient (Wildman–Crippen LogP) is 3.34. The molecule has 0 aliphatic carbocycles. The number of hydrogen-bond acceptors (Lipinski definition) is 5. The standard InChI is InChI=1S/C19H18N2O4S/c1-4-12-10-26-19-14(12)16(25-11(2)22)15(18(24)21(19)3)17(23)20-13-8-6-5-7-9-13/h5-10H,4H2,1-3H3,(H,20,23). The Kier molecular flexibility index (Phi) is 4.90. The summed E-state index contributed by atoms with van der Waals surface area (Å²) >= 11 is 1.38. The van der Waals surface area contributed by atoms with Crippen molar-refractivity contribution in [3.8, 4) is 5.75 Å². The van der Waals surface area contributed by atoms with Gasteiger partial charge in [-0.3, -0.25) is 14.4 Å². The van der Waals surface area contributed by atoms with Gasteiger partial charge in [-0.15, -0.1) is 11.3 Å². The van der Waals surface area contributed by atoms with Gasteiger partial charge in [-0.05, 0) is 29.5 Å². The summed E-state index contributed by atoms with van der Waals surface area (Å²) in [5.74, 6) is -1.16. The number of anilines is 1. The number of amides is 1. The van der Waals surface area contributed by atoms with Crippen molar-refractivity contribution in [2.75, 3.05) is 5.32 Å². The molecule has 0 spiro atoms. The van der Waals surface area contributed by atoms with Crippen LogP contribution in [0.3, 0.4) is 0 Å². The van der Waals surface area contributed by atoms with Crippen molar-refractivity contribution < 1.29 is 14.3 Å². The van der Waals surface area contributed by atoms with Gasteiger partial charge in [0.15, 0.2) is 5.75 Å². The zero-order valence-electron chi connectivity index (χ0n) is 14.7. The number of aryl methyl sites for hydroxylation is 2. The lowest BCUT2D eigenvalue weighted by Gasteiger charge is -2.13. The molecule has 1 aromatic carbocycles. The first-order valence-corrected chi connectivity index (χ1v) is 8.99. The molecule has 0 bridgehead atoms. The van der Waals surface area contributed by atoms with Gasteiger partial charge < -0.3 is 14.6 Å². The summed E-state index contributed by atoms with van der Waals surface area (Å²) in [6, 6.07) is 8.81. The van der Waals surface area contributed by atoms with Gasteiger partial charge in [-0.1, -0.05) is 25.1 Å². The molecule has 3 aromatic rings. The number of carbonyl (C=O) groups excluding carboxylic acids is 2. The lowest BCUT2D eigenvalue weighted by atomic mass is 10.1. The molecule has 2 heterocycles. The number of pyridine rings is 1. The van der Waals surface area contributed by atoms with Crippen LogP contribution in [0.5, 0.6) is 5.75 Å². The van der Waals surface area contributed by atoms with E-state index >= 15 is 0 Å². The first-order valence-electron chi connectivity index (χ1n) is 8.11. The topological polar surface area (TPSA) is 77.4 Å². The predicted molar refractivity (Wildman–Crippen MR) is 102 cm³/mol. The third kappa shape index (κ3) is 3.13. The van der Waals surface area contributed by atoms with E-state index < -0.39 is 17.4 Å². The number of ether oxygens (including phenoxy) is 1. The summed E-state index contributed by atoms with van der Waals surface area (Å²) in [5, 5.41) is 5.24. The number of esters is 1. The van der Waals surface area contributed by atoms with E-state index in [0.717, 1.165) is 5.56 Å². The number of carbonyl (C=O) groups is 2. The molecule has 0 atom stereocenters. The number of nitrogens with one attached hydrogen (secondary N) is 1. The van der Waals surface area contributed by atoms with Crippen molar-refractivity contribution in [3.63, 3.8) is 0 Å². The Balaban J connectivity index is 2.25. The first kappa shape index (κ1) is 17.9. The summed E-state index contributed by atoms with van der Waals surface area (Å²) in [5.41, 5.74) is 0.791. The van der Waals surface area contributed by atoms with Gasteiger partial charge in [0.25, 0.3) is 11.5 Å². The molecular formula is C19H18N2O4S. The number of nitrogens with zero attached hydrogens (tertiary/aromatic N) is 1. The Labute approximate surface area is 154 Å². The quantitative estimate of drug-likeness (QED) is 0.715. The summed E-state index contributed by atoms with van der Waals surface area (Å²) in [7, 11) is 1.61. The van der Waals surface area contributed by atoms with Gasteiger partial charge in [0.05, 0.1) is 5.39 Å². The Morgan fingerprint density at radius 3 is 2.54 bits per heavy atom. The van der Waals surface area contributed by atoms with Gasteiger partial charge >= 0.3 is 5.97 Å². The molecule has 0 saturated carbocycles. The number of para-hydroxylation sites is 1. The van der Waals surface area contributed by atoms with E-state index in [1.54, 1.807) is 31.3 Å². The fourth-order valence-electron chi connectivity index (χ4n) is 2.78. The van der Waals surface area contributed by atoms with Crippen molar-refractivity contribution in [2.24, 2.45) is 7.05 Å². The first-order chi connectivity index (χ1) is 12.4. The molecule has 6 nitrogen and oxygen atoms in total. The van der Waals surface area contributed by atoms with E-state index in [9.17, 15) is 14.4 Å². The third-order valence-corrected chi connectivity index (χ3v) is 5.11. The number of thiophene rings is 1. The highest BCUT2D eigenvalue weighted by molar-refractivity contribution is 7.17. The maximum atomic E-state index is 12.8. The molecule has 2 aromatic heterocycles. The Morgan fingerprint density at radius 2 is 1.92 bits per heavy atom. The molecule has 0 aliphatic heterocycles. The summed E-state index contributed by atoms with van der Waals surface area (Å²) in [4.78, 5) is 38.0. The van der Waals surface area contributed by atoms with Crippen molar-refractivity contribution in [2.45, 2.75) is 20.3 Å². The zero-order valence-corrected chi connectivity index (χ0v) is 15.5. The molecule has 0 aliphatic rings. The SMILES string of the molecule is CCc1csc2c1c(OC(C)=O)c(C(=O)Nc1ccccc1)c(=O)n2C. The highest BCUT2D eigenvalue weighted by atomic mass is 32.1. The van der Waals surface area contributed by atoms with Crippen LogP contribution in [0.1, 0.15) is 29.8 Å². The minimum Gasteiger partial charge on any atom is -0.425 e. The van der Waals surface area contributed by atoms with E-state index in [0.29, 0.717) is 22.3 Å². The van der Waals surface area contributed by atoms with Crippen molar-refractivity contribution in [1.82, 2.24) is 4.57 Å². The molecule has 0 unspecified atom stereocenters. The van der Waals surface area contributed by atoms with Gasteiger partial charge in [0.2, 0.25) is 0 Å². The van der Waals surface area contributed by atoms with Crippen LogP contribution in [0, 0.1) is 0 Å². The van der Waals surface area contributed by atoms with E-state index in [1.807, 2.05) is 18.4 Å².